The summed E-state index contributed by atoms with van der Waals surface area (Å²) in [6.07, 6.45) is 0. The van der Waals surface area contributed by atoms with Gasteiger partial charge in [-0.3, -0.25) is 4.79 Å². The molecule has 3 N–H and O–H groups in total. The molecule has 110 valence electrons. The standard InChI is InChI=1S/C17H20N2O2/c1-11-15(17(18)20)5-4-6-16(11)19-12(2)13-7-9-14(21-3)10-8-13/h4-10,12,19H,1-3H3,(H2,18,20). The predicted octanol–water partition coefficient (Wildman–Crippen LogP) is 3.28. The van der Waals surface area contributed by atoms with Crippen molar-refractivity contribution in [2.75, 3.05) is 12.4 Å². The van der Waals surface area contributed by atoms with Crippen LogP contribution >= 0.6 is 0 Å². The molecular formula is C17H20N2O2. The maximum Gasteiger partial charge on any atom is 0.249 e. The Labute approximate surface area is 124 Å². The largest absolute Gasteiger partial charge is 0.497 e. The van der Waals surface area contributed by atoms with Gasteiger partial charge in [0.2, 0.25) is 5.91 Å². The molecule has 0 fully saturated rings. The van der Waals surface area contributed by atoms with Gasteiger partial charge in [0.15, 0.2) is 0 Å². The first-order valence-corrected chi connectivity index (χ1v) is 6.83. The van der Waals surface area contributed by atoms with Gasteiger partial charge in [-0.05, 0) is 49.2 Å². The van der Waals surface area contributed by atoms with Gasteiger partial charge in [0, 0.05) is 17.3 Å². The summed E-state index contributed by atoms with van der Waals surface area (Å²) in [6.45, 7) is 3.96. The van der Waals surface area contributed by atoms with E-state index in [9.17, 15) is 4.79 Å². The number of carbonyl (C=O) groups is 1. The van der Waals surface area contributed by atoms with E-state index in [4.69, 9.17) is 10.5 Å². The van der Waals surface area contributed by atoms with Gasteiger partial charge in [0.1, 0.15) is 5.75 Å². The molecule has 0 aliphatic carbocycles. The molecule has 0 aromatic heterocycles. The fraction of sp³-hybridized carbons (Fsp3) is 0.235. The highest BCUT2D eigenvalue weighted by molar-refractivity contribution is 5.95. The Kier molecular flexibility index (Phi) is 4.48. The average molecular weight is 284 g/mol. The fourth-order valence-corrected chi connectivity index (χ4v) is 2.27. The lowest BCUT2D eigenvalue weighted by molar-refractivity contribution is 0.1000. The van der Waals surface area contributed by atoms with Gasteiger partial charge >= 0.3 is 0 Å². The Morgan fingerprint density at radius 3 is 2.43 bits per heavy atom. The number of hydrogen-bond donors (Lipinski definition) is 2. The molecule has 0 aliphatic rings. The fourth-order valence-electron chi connectivity index (χ4n) is 2.27. The Morgan fingerprint density at radius 1 is 1.19 bits per heavy atom. The number of benzene rings is 2. The van der Waals surface area contributed by atoms with Crippen LogP contribution in [0.4, 0.5) is 5.69 Å². The predicted molar refractivity (Wildman–Crippen MR) is 84.7 cm³/mol. The summed E-state index contributed by atoms with van der Waals surface area (Å²) in [5, 5.41) is 3.41. The minimum atomic E-state index is -0.409. The van der Waals surface area contributed by atoms with Crippen molar-refractivity contribution in [1.82, 2.24) is 0 Å². The molecule has 4 heteroatoms. The van der Waals surface area contributed by atoms with Crippen molar-refractivity contribution < 1.29 is 9.53 Å². The van der Waals surface area contributed by atoms with Crippen molar-refractivity contribution in [3.63, 3.8) is 0 Å². The first-order chi connectivity index (χ1) is 10.0. The quantitative estimate of drug-likeness (QED) is 0.885. The number of amides is 1. The van der Waals surface area contributed by atoms with Crippen molar-refractivity contribution in [1.29, 1.82) is 0 Å². The van der Waals surface area contributed by atoms with Crippen molar-refractivity contribution in [2.24, 2.45) is 5.73 Å². The number of nitrogens with one attached hydrogen (secondary N) is 1. The number of carbonyl (C=O) groups excluding carboxylic acids is 1. The molecule has 0 saturated carbocycles. The van der Waals surface area contributed by atoms with Crippen LogP contribution in [0.2, 0.25) is 0 Å². The van der Waals surface area contributed by atoms with E-state index in [1.54, 1.807) is 13.2 Å². The molecule has 4 nitrogen and oxygen atoms in total. The van der Waals surface area contributed by atoms with Crippen LogP contribution in [0.25, 0.3) is 0 Å². The smallest absolute Gasteiger partial charge is 0.249 e. The normalized spacial score (nSPS) is 11.8. The minimum Gasteiger partial charge on any atom is -0.497 e. The lowest BCUT2D eigenvalue weighted by Gasteiger charge is -2.18. The van der Waals surface area contributed by atoms with Gasteiger partial charge in [0.05, 0.1) is 7.11 Å². The molecule has 0 bridgehead atoms. The van der Waals surface area contributed by atoms with E-state index in [1.165, 1.54) is 0 Å². The number of methoxy groups -OCH3 is 1. The summed E-state index contributed by atoms with van der Waals surface area (Å²) in [5.74, 6) is 0.422. The minimum absolute atomic E-state index is 0.109. The van der Waals surface area contributed by atoms with Crippen molar-refractivity contribution in [3.05, 3.63) is 59.2 Å². The van der Waals surface area contributed by atoms with E-state index in [0.29, 0.717) is 5.56 Å². The summed E-state index contributed by atoms with van der Waals surface area (Å²) in [7, 11) is 1.65. The number of primary amides is 1. The van der Waals surface area contributed by atoms with Crippen LogP contribution in [0, 0.1) is 6.92 Å². The molecule has 0 heterocycles. The van der Waals surface area contributed by atoms with Gasteiger partial charge < -0.3 is 15.8 Å². The first-order valence-electron chi connectivity index (χ1n) is 6.83. The molecule has 2 rings (SSSR count). The molecule has 0 spiro atoms. The maximum absolute atomic E-state index is 11.4. The molecule has 0 aliphatic heterocycles. The zero-order valence-electron chi connectivity index (χ0n) is 12.5. The highest BCUT2D eigenvalue weighted by atomic mass is 16.5. The van der Waals surface area contributed by atoms with Crippen LogP contribution in [-0.2, 0) is 0 Å². The lowest BCUT2D eigenvalue weighted by atomic mass is 10.0. The van der Waals surface area contributed by atoms with E-state index in [-0.39, 0.29) is 6.04 Å². The number of nitrogens with two attached hydrogens (primary N) is 1. The highest BCUT2D eigenvalue weighted by Crippen LogP contribution is 2.25. The second kappa shape index (κ2) is 6.31. The summed E-state index contributed by atoms with van der Waals surface area (Å²) >= 11 is 0. The third kappa shape index (κ3) is 3.34. The third-order valence-electron chi connectivity index (χ3n) is 3.59. The van der Waals surface area contributed by atoms with Crippen LogP contribution < -0.4 is 15.8 Å². The first kappa shape index (κ1) is 14.9. The Balaban J connectivity index is 2.20. The molecular weight excluding hydrogens is 264 g/mol. The van der Waals surface area contributed by atoms with E-state index >= 15 is 0 Å². The van der Waals surface area contributed by atoms with E-state index in [2.05, 4.69) is 12.2 Å². The van der Waals surface area contributed by atoms with Gasteiger partial charge in [-0.2, -0.15) is 0 Å². The van der Waals surface area contributed by atoms with Crippen molar-refractivity contribution >= 4 is 11.6 Å². The molecule has 1 unspecified atom stereocenters. The number of rotatable bonds is 5. The molecule has 0 radical (unpaired) electrons. The SMILES string of the molecule is COc1ccc(C(C)Nc2cccc(C(N)=O)c2C)cc1. The number of hydrogen-bond acceptors (Lipinski definition) is 3. The molecule has 0 saturated heterocycles. The molecule has 2 aromatic carbocycles. The zero-order chi connectivity index (χ0) is 15.4. The van der Waals surface area contributed by atoms with E-state index in [1.807, 2.05) is 43.3 Å². The van der Waals surface area contributed by atoms with Crippen molar-refractivity contribution in [2.45, 2.75) is 19.9 Å². The highest BCUT2D eigenvalue weighted by Gasteiger charge is 2.11. The van der Waals surface area contributed by atoms with E-state index < -0.39 is 5.91 Å². The Morgan fingerprint density at radius 2 is 1.86 bits per heavy atom. The van der Waals surface area contributed by atoms with E-state index in [0.717, 1.165) is 22.6 Å². The van der Waals surface area contributed by atoms with Crippen LogP contribution in [0.5, 0.6) is 5.75 Å². The van der Waals surface area contributed by atoms with Gasteiger partial charge in [-0.1, -0.05) is 18.2 Å². The lowest BCUT2D eigenvalue weighted by Crippen LogP contribution is -2.15. The summed E-state index contributed by atoms with van der Waals surface area (Å²) in [5.41, 5.74) is 8.84. The second-order valence-corrected chi connectivity index (χ2v) is 4.98. The van der Waals surface area contributed by atoms with Crippen LogP contribution in [0.15, 0.2) is 42.5 Å². The topological polar surface area (TPSA) is 64.3 Å². The molecule has 21 heavy (non-hydrogen) atoms. The van der Waals surface area contributed by atoms with Crippen molar-refractivity contribution in [3.8, 4) is 5.75 Å². The second-order valence-electron chi connectivity index (χ2n) is 4.98. The molecule has 1 atom stereocenters. The van der Waals surface area contributed by atoms with Gasteiger partial charge in [-0.15, -0.1) is 0 Å². The van der Waals surface area contributed by atoms with Crippen LogP contribution in [-0.4, -0.2) is 13.0 Å². The average Bonchev–Trinajstić information content (AvgIpc) is 2.49. The molecule has 2 aromatic rings. The number of anilines is 1. The Hall–Kier alpha value is -2.49. The van der Waals surface area contributed by atoms with Crippen LogP contribution in [0.3, 0.4) is 0 Å². The Bertz CT molecular complexity index is 636. The molecule has 1 amide bonds. The third-order valence-corrected chi connectivity index (χ3v) is 3.59. The van der Waals surface area contributed by atoms with Gasteiger partial charge in [-0.25, -0.2) is 0 Å². The summed E-state index contributed by atoms with van der Waals surface area (Å²) in [6, 6.07) is 13.5. The summed E-state index contributed by atoms with van der Waals surface area (Å²) in [4.78, 5) is 11.4. The zero-order valence-corrected chi connectivity index (χ0v) is 12.5. The van der Waals surface area contributed by atoms with Gasteiger partial charge in [0.25, 0.3) is 0 Å². The van der Waals surface area contributed by atoms with Crippen LogP contribution in [0.1, 0.15) is 34.5 Å². The monoisotopic (exact) mass is 284 g/mol. The summed E-state index contributed by atoms with van der Waals surface area (Å²) < 4.78 is 5.16. The number of ether oxygens (including phenoxy) is 1. The maximum atomic E-state index is 11.4.